The first-order chi connectivity index (χ1) is 15.0. The molecule has 1 N–H and O–H groups in total. The van der Waals surface area contributed by atoms with E-state index in [-0.39, 0.29) is 17.1 Å². The quantitative estimate of drug-likeness (QED) is 0.583. The van der Waals surface area contributed by atoms with E-state index in [0.717, 1.165) is 23.1 Å². The number of anilines is 1. The molecule has 1 heterocycles. The number of halogens is 3. The van der Waals surface area contributed by atoms with Crippen molar-refractivity contribution in [1.82, 2.24) is 9.97 Å². The Morgan fingerprint density at radius 1 is 0.938 bits per heavy atom. The molecule has 1 fully saturated rings. The Morgan fingerprint density at radius 2 is 1.53 bits per heavy atom. The van der Waals surface area contributed by atoms with Crippen molar-refractivity contribution in [3.8, 4) is 5.75 Å². The number of hydrogen-bond acceptors (Lipinski definition) is 4. The summed E-state index contributed by atoms with van der Waals surface area (Å²) < 4.78 is 41.2. The van der Waals surface area contributed by atoms with Gasteiger partial charge in [0.2, 0.25) is 5.91 Å². The lowest BCUT2D eigenvalue weighted by molar-refractivity contribution is -0.274. The topological polar surface area (TPSA) is 64.1 Å². The van der Waals surface area contributed by atoms with E-state index in [0.29, 0.717) is 17.8 Å². The zero-order chi connectivity index (χ0) is 22.9. The molecule has 32 heavy (non-hydrogen) atoms. The molecule has 1 aromatic heterocycles. The summed E-state index contributed by atoms with van der Waals surface area (Å²) in [5.41, 5.74) is 1.82. The maximum absolute atomic E-state index is 13.8. The fraction of sp³-hybridized carbons (Fsp3) is 0.375. The van der Waals surface area contributed by atoms with Gasteiger partial charge in [-0.3, -0.25) is 4.79 Å². The third-order valence-corrected chi connectivity index (χ3v) is 7.68. The highest BCUT2D eigenvalue weighted by molar-refractivity contribution is 6.02. The van der Waals surface area contributed by atoms with Crippen LogP contribution in [0.25, 0.3) is 11.0 Å². The van der Waals surface area contributed by atoms with E-state index in [1.165, 1.54) is 24.3 Å². The Morgan fingerprint density at radius 3 is 2.12 bits per heavy atom. The minimum Gasteiger partial charge on any atom is -0.406 e. The summed E-state index contributed by atoms with van der Waals surface area (Å²) in [7, 11) is 0. The lowest BCUT2D eigenvalue weighted by Gasteiger charge is -2.39. The molecule has 2 aromatic carbocycles. The number of rotatable bonds is 3. The average molecular weight is 441 g/mol. The first-order valence-corrected chi connectivity index (χ1v) is 10.4. The van der Waals surface area contributed by atoms with Crippen molar-refractivity contribution < 1.29 is 22.7 Å². The Balaban J connectivity index is 1.54. The fourth-order valence-electron chi connectivity index (χ4n) is 5.53. The maximum Gasteiger partial charge on any atom is 0.573 e. The van der Waals surface area contributed by atoms with Crippen molar-refractivity contribution in [2.24, 2.45) is 5.41 Å². The van der Waals surface area contributed by atoms with Gasteiger partial charge in [-0.25, -0.2) is 9.97 Å². The van der Waals surface area contributed by atoms with Crippen LogP contribution in [-0.4, -0.2) is 22.2 Å². The van der Waals surface area contributed by atoms with Gasteiger partial charge in [0.25, 0.3) is 0 Å². The van der Waals surface area contributed by atoms with Gasteiger partial charge in [0.1, 0.15) is 5.75 Å². The number of aromatic nitrogens is 2. The van der Waals surface area contributed by atoms with Crippen molar-refractivity contribution in [3.63, 3.8) is 0 Å². The monoisotopic (exact) mass is 441 g/mol. The van der Waals surface area contributed by atoms with E-state index < -0.39 is 17.2 Å². The molecule has 0 saturated heterocycles. The highest BCUT2D eigenvalue weighted by Crippen LogP contribution is 2.70. The number of carbonyl (C=O) groups excluding carboxylic acids is 1. The number of alkyl halides is 3. The third kappa shape index (κ3) is 2.68. The first-order valence-electron chi connectivity index (χ1n) is 10.4. The van der Waals surface area contributed by atoms with Crippen molar-refractivity contribution in [1.29, 1.82) is 0 Å². The van der Waals surface area contributed by atoms with Gasteiger partial charge < -0.3 is 10.1 Å². The molecule has 166 valence electrons. The second-order valence-electron chi connectivity index (χ2n) is 9.30. The van der Waals surface area contributed by atoms with Gasteiger partial charge in [-0.15, -0.1) is 13.2 Å². The number of ether oxygens (including phenoxy) is 1. The number of fused-ring (bicyclic) bond motifs is 6. The van der Waals surface area contributed by atoms with Crippen LogP contribution in [-0.2, 0) is 15.6 Å². The van der Waals surface area contributed by atoms with E-state index in [9.17, 15) is 18.0 Å². The van der Waals surface area contributed by atoms with Crippen LogP contribution in [0.1, 0.15) is 45.0 Å². The Bertz CT molecular complexity index is 1240. The van der Waals surface area contributed by atoms with E-state index in [2.05, 4.69) is 30.8 Å². The van der Waals surface area contributed by atoms with Crippen molar-refractivity contribution in [2.75, 3.05) is 5.32 Å². The molecule has 1 saturated carbocycles. The number of nitrogens with one attached hydrogen (secondary N) is 1. The van der Waals surface area contributed by atoms with Gasteiger partial charge in [0.05, 0.1) is 27.8 Å². The molecule has 8 heteroatoms. The van der Waals surface area contributed by atoms with Gasteiger partial charge in [0, 0.05) is 11.1 Å². The van der Waals surface area contributed by atoms with Gasteiger partial charge >= 0.3 is 6.36 Å². The lowest BCUT2D eigenvalue weighted by atomic mass is 9.63. The summed E-state index contributed by atoms with van der Waals surface area (Å²) in [4.78, 5) is 23.6. The molecule has 0 unspecified atom stereocenters. The summed E-state index contributed by atoms with van der Waals surface area (Å²) >= 11 is 0. The summed E-state index contributed by atoms with van der Waals surface area (Å²) in [5.74, 6) is -0.565. The minimum atomic E-state index is -4.77. The van der Waals surface area contributed by atoms with Crippen molar-refractivity contribution in [3.05, 3.63) is 59.9 Å². The first kappa shape index (κ1) is 20.7. The molecule has 5 nitrogen and oxygen atoms in total. The van der Waals surface area contributed by atoms with Crippen LogP contribution in [0.4, 0.5) is 18.9 Å². The summed E-state index contributed by atoms with van der Waals surface area (Å²) in [5, 5.41) is 2.91. The summed E-state index contributed by atoms with van der Waals surface area (Å²) in [6.07, 6.45) is -3.35. The van der Waals surface area contributed by atoms with E-state index in [4.69, 9.17) is 9.97 Å². The van der Waals surface area contributed by atoms with E-state index in [1.54, 1.807) is 0 Å². The lowest BCUT2D eigenvalue weighted by Crippen LogP contribution is -2.48. The highest BCUT2D eigenvalue weighted by Gasteiger charge is 2.73. The molecule has 1 amide bonds. The zero-order valence-electron chi connectivity index (χ0n) is 17.9. The average Bonchev–Trinajstić information content (AvgIpc) is 3.02. The smallest absolute Gasteiger partial charge is 0.406 e. The molecule has 2 aliphatic carbocycles. The van der Waals surface area contributed by atoms with Crippen LogP contribution in [0.2, 0.25) is 0 Å². The molecule has 0 spiro atoms. The van der Waals surface area contributed by atoms with Crippen LogP contribution in [0.15, 0.2) is 48.5 Å². The van der Waals surface area contributed by atoms with Gasteiger partial charge in [0.15, 0.2) is 0 Å². The van der Waals surface area contributed by atoms with Crippen LogP contribution in [0, 0.1) is 5.41 Å². The van der Waals surface area contributed by atoms with Gasteiger partial charge in [-0.05, 0) is 54.7 Å². The molecule has 2 atom stereocenters. The number of benzene rings is 2. The van der Waals surface area contributed by atoms with Crippen LogP contribution in [0.3, 0.4) is 0 Å². The molecule has 0 radical (unpaired) electrons. The second-order valence-corrected chi connectivity index (χ2v) is 9.30. The van der Waals surface area contributed by atoms with Crippen LogP contribution >= 0.6 is 0 Å². The molecule has 5 rings (SSSR count). The van der Waals surface area contributed by atoms with E-state index in [1.807, 2.05) is 24.3 Å². The van der Waals surface area contributed by atoms with Crippen LogP contribution in [0.5, 0.6) is 5.75 Å². The van der Waals surface area contributed by atoms with Crippen molar-refractivity contribution >= 4 is 22.6 Å². The summed E-state index contributed by atoms with van der Waals surface area (Å²) in [6.45, 7) is 6.29. The Labute approximate surface area is 183 Å². The molecular weight excluding hydrogens is 419 g/mol. The molecular formula is C24H22F3N3O2. The molecule has 3 aromatic rings. The Hall–Kier alpha value is -3.16. The predicted octanol–water partition coefficient (Wildman–Crippen LogP) is 5.50. The number of para-hydroxylation sites is 2. The Kier molecular flexibility index (Phi) is 4.17. The SMILES string of the molecule is CC1(C)[C@]2(C)CC[C@@]1(C(=O)Nc1ccc(OC(F)(F)F)cc1)c1nc3ccccc3nc12. The van der Waals surface area contributed by atoms with Crippen LogP contribution < -0.4 is 10.1 Å². The number of carbonyl (C=O) groups is 1. The van der Waals surface area contributed by atoms with Gasteiger partial charge in [-0.1, -0.05) is 32.9 Å². The molecule has 0 aliphatic heterocycles. The predicted molar refractivity (Wildman–Crippen MR) is 113 cm³/mol. The minimum absolute atomic E-state index is 0.223. The van der Waals surface area contributed by atoms with Gasteiger partial charge in [-0.2, -0.15) is 0 Å². The third-order valence-electron chi connectivity index (χ3n) is 7.68. The zero-order valence-corrected chi connectivity index (χ0v) is 17.9. The largest absolute Gasteiger partial charge is 0.573 e. The highest BCUT2D eigenvalue weighted by atomic mass is 19.4. The second kappa shape index (κ2) is 6.43. The number of nitrogens with zero attached hydrogens (tertiary/aromatic N) is 2. The molecule has 2 aliphatic rings. The molecule has 2 bridgehead atoms. The van der Waals surface area contributed by atoms with E-state index >= 15 is 0 Å². The van der Waals surface area contributed by atoms with Crippen molar-refractivity contribution in [2.45, 2.75) is 50.8 Å². The summed E-state index contributed by atoms with van der Waals surface area (Å²) in [6, 6.07) is 12.8. The fourth-order valence-corrected chi connectivity index (χ4v) is 5.53. The normalized spacial score (nSPS) is 25.6. The number of hydrogen-bond donors (Lipinski definition) is 1. The maximum atomic E-state index is 13.8. The number of amides is 1. The standard InChI is InChI=1S/C24H22F3N3O2/c1-21(2)22(3)12-13-23(21,19-18(22)29-16-6-4-5-7-17(16)30-19)20(31)28-14-8-10-15(11-9-14)32-24(25,26)27/h4-11H,12-13H2,1-3H3,(H,28,31)/t22-,23+/m1/s1.